The second-order valence-corrected chi connectivity index (χ2v) is 4.92. The van der Waals surface area contributed by atoms with E-state index in [2.05, 4.69) is 10.4 Å². The van der Waals surface area contributed by atoms with Crippen LogP contribution in [-0.2, 0) is 13.2 Å². The van der Waals surface area contributed by atoms with Crippen LogP contribution in [0.15, 0.2) is 30.5 Å². The zero-order valence-corrected chi connectivity index (χ0v) is 10.9. The van der Waals surface area contributed by atoms with E-state index in [1.165, 1.54) is 6.07 Å². The molecule has 106 valence electrons. The third kappa shape index (κ3) is 2.05. The number of anilines is 1. The molecule has 1 aromatic carbocycles. The predicted octanol–water partition coefficient (Wildman–Crippen LogP) is 3.39. The topological polar surface area (TPSA) is 29.9 Å². The van der Waals surface area contributed by atoms with Gasteiger partial charge in [0.1, 0.15) is 0 Å². The average molecular weight is 281 g/mol. The van der Waals surface area contributed by atoms with Crippen LogP contribution < -0.4 is 5.32 Å². The van der Waals surface area contributed by atoms with Gasteiger partial charge in [0.25, 0.3) is 0 Å². The van der Waals surface area contributed by atoms with Gasteiger partial charge in [-0.15, -0.1) is 0 Å². The SMILES string of the molecule is Cn1nccc1C1CCNc2c1cccc2C(F)(F)F. The largest absolute Gasteiger partial charge is 0.418 e. The number of para-hydroxylation sites is 1. The van der Waals surface area contributed by atoms with E-state index < -0.39 is 11.7 Å². The van der Waals surface area contributed by atoms with E-state index in [0.717, 1.165) is 18.2 Å². The van der Waals surface area contributed by atoms with E-state index in [4.69, 9.17) is 0 Å². The Hall–Kier alpha value is -1.98. The summed E-state index contributed by atoms with van der Waals surface area (Å²) in [4.78, 5) is 0. The molecule has 1 aliphatic rings. The lowest BCUT2D eigenvalue weighted by molar-refractivity contribution is -0.137. The Bertz CT molecular complexity index is 631. The molecule has 0 saturated carbocycles. The highest BCUT2D eigenvalue weighted by Gasteiger charge is 2.36. The number of alkyl halides is 3. The maximum Gasteiger partial charge on any atom is 0.418 e. The normalized spacial score (nSPS) is 18.5. The third-order valence-corrected chi connectivity index (χ3v) is 3.73. The van der Waals surface area contributed by atoms with Crippen LogP contribution in [-0.4, -0.2) is 16.3 Å². The number of aromatic nitrogens is 2. The minimum atomic E-state index is -4.34. The van der Waals surface area contributed by atoms with Crippen molar-refractivity contribution in [3.8, 4) is 0 Å². The number of fused-ring (bicyclic) bond motifs is 1. The zero-order valence-electron chi connectivity index (χ0n) is 10.9. The molecule has 3 rings (SSSR count). The fourth-order valence-electron chi connectivity index (χ4n) is 2.82. The fraction of sp³-hybridized carbons (Fsp3) is 0.357. The summed E-state index contributed by atoms with van der Waals surface area (Å²) in [5.74, 6) is -0.0546. The molecule has 2 aromatic rings. The van der Waals surface area contributed by atoms with Crippen molar-refractivity contribution in [2.75, 3.05) is 11.9 Å². The van der Waals surface area contributed by atoms with Gasteiger partial charge in [-0.3, -0.25) is 4.68 Å². The van der Waals surface area contributed by atoms with Crippen LogP contribution in [0.2, 0.25) is 0 Å². The van der Waals surface area contributed by atoms with Crippen LogP contribution in [0.3, 0.4) is 0 Å². The highest BCUT2D eigenvalue weighted by molar-refractivity contribution is 5.63. The number of nitrogens with one attached hydrogen (secondary N) is 1. The maximum atomic E-state index is 13.1. The first kappa shape index (κ1) is 13.0. The molecule has 0 saturated heterocycles. The van der Waals surface area contributed by atoms with E-state index in [0.29, 0.717) is 12.1 Å². The summed E-state index contributed by atoms with van der Waals surface area (Å²) in [6, 6.07) is 6.21. The second-order valence-electron chi connectivity index (χ2n) is 4.92. The Morgan fingerprint density at radius 1 is 1.30 bits per heavy atom. The molecule has 0 fully saturated rings. The first-order chi connectivity index (χ1) is 9.48. The molecule has 1 N–H and O–H groups in total. The monoisotopic (exact) mass is 281 g/mol. The number of benzene rings is 1. The molecule has 0 aliphatic carbocycles. The summed E-state index contributed by atoms with van der Waals surface area (Å²) in [6.45, 7) is 0.524. The molecule has 6 heteroatoms. The van der Waals surface area contributed by atoms with Crippen LogP contribution in [0.1, 0.15) is 29.2 Å². The van der Waals surface area contributed by atoms with Crippen LogP contribution in [0.5, 0.6) is 0 Å². The Kier molecular flexibility index (Phi) is 2.96. The van der Waals surface area contributed by atoms with Gasteiger partial charge in [-0.05, 0) is 24.1 Å². The number of hydrogen-bond donors (Lipinski definition) is 1. The number of hydrogen-bond acceptors (Lipinski definition) is 2. The van der Waals surface area contributed by atoms with E-state index in [9.17, 15) is 13.2 Å². The molecule has 0 bridgehead atoms. The Balaban J connectivity index is 2.13. The van der Waals surface area contributed by atoms with Crippen molar-refractivity contribution in [2.45, 2.75) is 18.5 Å². The van der Waals surface area contributed by atoms with Crippen LogP contribution in [0.25, 0.3) is 0 Å². The Labute approximate surface area is 114 Å². The molecule has 3 nitrogen and oxygen atoms in total. The van der Waals surface area contributed by atoms with Crippen molar-refractivity contribution in [1.29, 1.82) is 0 Å². The van der Waals surface area contributed by atoms with Crippen molar-refractivity contribution in [1.82, 2.24) is 9.78 Å². The fourth-order valence-corrected chi connectivity index (χ4v) is 2.82. The van der Waals surface area contributed by atoms with Crippen LogP contribution in [0.4, 0.5) is 18.9 Å². The van der Waals surface area contributed by atoms with E-state index in [-0.39, 0.29) is 11.6 Å². The Morgan fingerprint density at radius 2 is 2.10 bits per heavy atom. The zero-order chi connectivity index (χ0) is 14.3. The highest BCUT2D eigenvalue weighted by Crippen LogP contribution is 2.43. The van der Waals surface area contributed by atoms with Gasteiger partial charge >= 0.3 is 6.18 Å². The van der Waals surface area contributed by atoms with Crippen molar-refractivity contribution in [2.24, 2.45) is 7.05 Å². The first-order valence-corrected chi connectivity index (χ1v) is 6.40. The number of rotatable bonds is 1. The standard InChI is InChI=1S/C14H14F3N3/c1-20-12(6-8-19-20)9-5-7-18-13-10(9)3-2-4-11(13)14(15,16)17/h2-4,6,8-9,18H,5,7H2,1H3. The van der Waals surface area contributed by atoms with Gasteiger partial charge < -0.3 is 5.32 Å². The average Bonchev–Trinajstić information content (AvgIpc) is 2.82. The van der Waals surface area contributed by atoms with Gasteiger partial charge in [-0.1, -0.05) is 12.1 Å². The molecular formula is C14H14F3N3. The molecule has 2 heterocycles. The Morgan fingerprint density at radius 3 is 2.75 bits per heavy atom. The molecule has 0 radical (unpaired) electrons. The van der Waals surface area contributed by atoms with Crippen molar-refractivity contribution >= 4 is 5.69 Å². The molecule has 0 amide bonds. The van der Waals surface area contributed by atoms with Gasteiger partial charge in [-0.25, -0.2) is 0 Å². The summed E-state index contributed by atoms with van der Waals surface area (Å²) in [7, 11) is 1.81. The van der Waals surface area contributed by atoms with Gasteiger partial charge in [0.15, 0.2) is 0 Å². The third-order valence-electron chi connectivity index (χ3n) is 3.73. The van der Waals surface area contributed by atoms with Gasteiger partial charge in [-0.2, -0.15) is 18.3 Å². The number of nitrogens with zero attached hydrogens (tertiary/aromatic N) is 2. The molecule has 1 aromatic heterocycles. The molecule has 1 unspecified atom stereocenters. The summed E-state index contributed by atoms with van der Waals surface area (Å²) in [5.41, 5.74) is 1.24. The minimum absolute atomic E-state index is 0.0546. The predicted molar refractivity (Wildman–Crippen MR) is 69.6 cm³/mol. The minimum Gasteiger partial charge on any atom is -0.384 e. The van der Waals surface area contributed by atoms with E-state index >= 15 is 0 Å². The number of halogens is 3. The highest BCUT2D eigenvalue weighted by atomic mass is 19.4. The molecular weight excluding hydrogens is 267 g/mol. The quantitative estimate of drug-likeness (QED) is 0.868. The summed E-state index contributed by atoms with van der Waals surface area (Å²) in [5, 5.41) is 7.01. The van der Waals surface area contributed by atoms with Crippen molar-refractivity contribution in [3.05, 3.63) is 47.3 Å². The van der Waals surface area contributed by atoms with E-state index in [1.807, 2.05) is 13.1 Å². The molecule has 1 atom stereocenters. The second kappa shape index (κ2) is 4.54. The smallest absolute Gasteiger partial charge is 0.384 e. The van der Waals surface area contributed by atoms with Crippen molar-refractivity contribution < 1.29 is 13.2 Å². The first-order valence-electron chi connectivity index (χ1n) is 6.40. The summed E-state index contributed by atoms with van der Waals surface area (Å²) < 4.78 is 40.9. The number of aryl methyl sites for hydroxylation is 1. The van der Waals surface area contributed by atoms with Gasteiger partial charge in [0, 0.05) is 31.4 Å². The van der Waals surface area contributed by atoms with E-state index in [1.54, 1.807) is 16.9 Å². The van der Waals surface area contributed by atoms with Crippen LogP contribution >= 0.6 is 0 Å². The van der Waals surface area contributed by atoms with Crippen LogP contribution in [0, 0.1) is 0 Å². The summed E-state index contributed by atoms with van der Waals surface area (Å²) >= 11 is 0. The van der Waals surface area contributed by atoms with Gasteiger partial charge in [0.05, 0.1) is 11.3 Å². The van der Waals surface area contributed by atoms with Gasteiger partial charge in [0.2, 0.25) is 0 Å². The van der Waals surface area contributed by atoms with Crippen molar-refractivity contribution in [3.63, 3.8) is 0 Å². The summed E-state index contributed by atoms with van der Waals surface area (Å²) in [6.07, 6.45) is -1.91. The molecule has 1 aliphatic heterocycles. The lowest BCUT2D eigenvalue weighted by atomic mass is 9.86. The maximum absolute atomic E-state index is 13.1. The molecule has 0 spiro atoms. The lowest BCUT2D eigenvalue weighted by Crippen LogP contribution is -2.22. The molecule has 20 heavy (non-hydrogen) atoms. The lowest BCUT2D eigenvalue weighted by Gasteiger charge is -2.29.